The van der Waals surface area contributed by atoms with E-state index in [9.17, 15) is 0 Å². The average Bonchev–Trinajstić information content (AvgIpc) is 1.86. The summed E-state index contributed by atoms with van der Waals surface area (Å²) in [5.74, 6) is -2.50. The van der Waals surface area contributed by atoms with Crippen molar-refractivity contribution in [2.24, 2.45) is 0 Å². The highest BCUT2D eigenvalue weighted by molar-refractivity contribution is 5.63. The summed E-state index contributed by atoms with van der Waals surface area (Å²) in [7, 11) is 0. The Balaban J connectivity index is -0.0000000492. The number of aliphatic carboxylic acids is 3. The number of hydrogen-bond acceptors (Lipinski definition) is 4. The fourth-order valence-corrected chi connectivity index (χ4v) is 0. The van der Waals surface area contributed by atoms with Crippen LogP contribution < -0.4 is 0 Å². The summed E-state index contributed by atoms with van der Waals surface area (Å²) in [4.78, 5) is 27.0. The number of carboxylic acids is 3. The van der Waals surface area contributed by atoms with Crippen molar-refractivity contribution in [1.29, 1.82) is 5.26 Å². The van der Waals surface area contributed by atoms with Gasteiger partial charge in [-0.15, -0.1) is 0 Å². The number of carboxylic acid groups (broad SMARTS) is 3. The van der Waals surface area contributed by atoms with E-state index in [1.54, 1.807) is 0 Å². The van der Waals surface area contributed by atoms with Gasteiger partial charge in [-0.3, -0.25) is 14.4 Å². The molecule has 14 heavy (non-hydrogen) atoms. The van der Waals surface area contributed by atoms with E-state index in [1.807, 2.05) is 0 Å². The van der Waals surface area contributed by atoms with E-state index < -0.39 is 17.9 Å². The maximum Gasteiger partial charge on any atom is 0.300 e. The Morgan fingerprint density at radius 3 is 0.786 bits per heavy atom. The van der Waals surface area contributed by atoms with Gasteiger partial charge in [-0.2, -0.15) is 0 Å². The molecule has 0 atom stereocenters. The predicted octanol–water partition coefficient (Wildman–Crippen LogP) is 0.369. The van der Waals surface area contributed by atoms with Gasteiger partial charge in [0.15, 0.2) is 0 Å². The minimum absolute atomic E-state index is 0.833. The minimum Gasteiger partial charge on any atom is -0.512 e. The van der Waals surface area contributed by atoms with Crippen LogP contribution in [-0.4, -0.2) is 33.2 Å². The van der Waals surface area contributed by atoms with Crippen LogP contribution >= 0.6 is 0 Å². The molecule has 0 aliphatic heterocycles. The number of nitrogens with zero attached hydrogens (tertiary/aromatic N) is 1. The monoisotopic (exact) mass is 206 g/mol. The molecular weight excluding hydrogens is 194 g/mol. The summed E-state index contributed by atoms with van der Waals surface area (Å²) in [6, 6.07) is 0. The van der Waals surface area contributed by atoms with Crippen molar-refractivity contribution >= 4 is 17.9 Å². The van der Waals surface area contributed by atoms with Crippen molar-refractivity contribution in [3.8, 4) is 0 Å². The van der Waals surface area contributed by atoms with Crippen LogP contribution in [0, 0.1) is 11.8 Å². The van der Waals surface area contributed by atoms with Crippen molar-refractivity contribution in [3.05, 3.63) is 6.57 Å². The highest BCUT2D eigenvalue weighted by Crippen LogP contribution is 1.42. The third kappa shape index (κ3) is 178. The second kappa shape index (κ2) is 22.4. The van der Waals surface area contributed by atoms with Crippen LogP contribution in [0.15, 0.2) is 0 Å². The molecule has 0 fully saturated rings. The zero-order valence-corrected chi connectivity index (χ0v) is 8.01. The Labute approximate surface area is 81.2 Å². The lowest BCUT2D eigenvalue weighted by atomic mass is 10.9. The molecule has 0 aliphatic carbocycles. The lowest BCUT2D eigenvalue weighted by Crippen LogP contribution is -1.78. The first-order valence-electron chi connectivity index (χ1n) is 3.01. The van der Waals surface area contributed by atoms with E-state index >= 15 is 0 Å². The summed E-state index contributed by atoms with van der Waals surface area (Å²) in [6.07, 6.45) is 0. The van der Waals surface area contributed by atoms with Crippen molar-refractivity contribution in [1.82, 2.24) is 0 Å². The van der Waals surface area contributed by atoms with Gasteiger partial charge in [-0.05, 0) is 0 Å². The first-order chi connectivity index (χ1) is 6.20. The predicted molar refractivity (Wildman–Crippen MR) is 44.9 cm³/mol. The quantitative estimate of drug-likeness (QED) is 0.487. The highest BCUT2D eigenvalue weighted by Gasteiger charge is 1.66. The fourth-order valence-electron chi connectivity index (χ4n) is 0. The molecular formula is C7H12NO6-. The van der Waals surface area contributed by atoms with Crippen LogP contribution in [0.1, 0.15) is 20.8 Å². The maximum absolute atomic E-state index is 9.00. The smallest absolute Gasteiger partial charge is 0.300 e. The normalized spacial score (nSPS) is 5.50. The second-order valence-corrected chi connectivity index (χ2v) is 1.56. The summed E-state index contributed by atoms with van der Waals surface area (Å²) < 4.78 is 0. The maximum atomic E-state index is 9.00. The molecule has 0 heterocycles. The van der Waals surface area contributed by atoms with E-state index in [4.69, 9.17) is 41.5 Å². The molecule has 0 unspecified atom stereocenters. The molecule has 0 aromatic carbocycles. The van der Waals surface area contributed by atoms with Crippen molar-refractivity contribution in [2.75, 3.05) is 0 Å². The fraction of sp³-hybridized carbons (Fsp3) is 0.429. The molecule has 0 bridgehead atoms. The van der Waals surface area contributed by atoms with Crippen LogP contribution in [0.3, 0.4) is 0 Å². The van der Waals surface area contributed by atoms with Crippen LogP contribution in [0.4, 0.5) is 0 Å². The molecule has 0 aliphatic rings. The molecule has 82 valence electrons. The zero-order valence-electron chi connectivity index (χ0n) is 8.01. The standard InChI is InChI=1S/3C2H4O2.CN/c3*1-2(3)4;1-2/h3*1H3,(H,3,4);/q;;;-1. The molecule has 0 radical (unpaired) electrons. The van der Waals surface area contributed by atoms with Crippen molar-refractivity contribution in [2.45, 2.75) is 20.8 Å². The van der Waals surface area contributed by atoms with Crippen LogP contribution in [0.5, 0.6) is 0 Å². The Morgan fingerprint density at radius 1 is 0.786 bits per heavy atom. The number of hydrogen-bond donors (Lipinski definition) is 3. The van der Waals surface area contributed by atoms with Gasteiger partial charge in [0, 0.05) is 20.8 Å². The molecule has 0 saturated heterocycles. The average molecular weight is 206 g/mol. The largest absolute Gasteiger partial charge is 0.512 e. The van der Waals surface area contributed by atoms with Gasteiger partial charge in [0.2, 0.25) is 0 Å². The van der Waals surface area contributed by atoms with E-state index in [2.05, 4.69) is 0 Å². The molecule has 0 rings (SSSR count). The molecule has 7 heteroatoms. The highest BCUT2D eigenvalue weighted by atomic mass is 16.4. The molecule has 3 N–H and O–H groups in total. The lowest BCUT2D eigenvalue weighted by molar-refractivity contribution is -0.135. The van der Waals surface area contributed by atoms with E-state index in [0.29, 0.717) is 0 Å². The zero-order chi connectivity index (χ0) is 12.7. The molecule has 0 aromatic heterocycles. The van der Waals surface area contributed by atoms with Gasteiger partial charge in [-0.25, -0.2) is 0 Å². The Morgan fingerprint density at radius 2 is 0.786 bits per heavy atom. The van der Waals surface area contributed by atoms with Crippen LogP contribution in [0.2, 0.25) is 0 Å². The Bertz CT molecular complexity index is 145. The second-order valence-electron chi connectivity index (χ2n) is 1.56. The molecule has 0 spiro atoms. The van der Waals surface area contributed by atoms with Gasteiger partial charge in [-0.1, -0.05) is 0 Å². The third-order valence-corrected chi connectivity index (χ3v) is 0. The van der Waals surface area contributed by atoms with Crippen LogP contribution in [0.25, 0.3) is 0 Å². The molecule has 0 aromatic rings. The van der Waals surface area contributed by atoms with Gasteiger partial charge in [0.1, 0.15) is 0 Å². The minimum atomic E-state index is -0.833. The van der Waals surface area contributed by atoms with Crippen molar-refractivity contribution in [3.63, 3.8) is 0 Å². The molecule has 0 saturated carbocycles. The first kappa shape index (κ1) is 22.7. The van der Waals surface area contributed by atoms with Gasteiger partial charge >= 0.3 is 0 Å². The van der Waals surface area contributed by atoms with Crippen molar-refractivity contribution < 1.29 is 29.7 Å². The Kier molecular flexibility index (Phi) is 36.3. The lowest BCUT2D eigenvalue weighted by Gasteiger charge is -1.59. The number of carbonyl (C=O) groups is 3. The molecule has 7 nitrogen and oxygen atoms in total. The van der Waals surface area contributed by atoms with Gasteiger partial charge in [0.05, 0.1) is 0 Å². The van der Waals surface area contributed by atoms with Gasteiger partial charge in [0.25, 0.3) is 17.9 Å². The summed E-state index contributed by atoms with van der Waals surface area (Å²) in [5, 5.41) is 28.5. The third-order valence-electron chi connectivity index (χ3n) is 0. The Hall–Kier alpha value is -2.10. The van der Waals surface area contributed by atoms with E-state index in [1.165, 1.54) is 0 Å². The first-order valence-corrected chi connectivity index (χ1v) is 3.01. The van der Waals surface area contributed by atoms with Crippen LogP contribution in [-0.2, 0) is 14.4 Å². The number of rotatable bonds is 0. The topological polar surface area (TPSA) is 136 Å². The SMILES string of the molecule is CC(=O)O.CC(=O)O.CC(=O)O.[C-]#N. The summed E-state index contributed by atoms with van der Waals surface area (Å²) in [5.41, 5.74) is 0. The molecule has 0 amide bonds. The van der Waals surface area contributed by atoms with E-state index in [0.717, 1.165) is 20.8 Å². The van der Waals surface area contributed by atoms with Gasteiger partial charge < -0.3 is 27.2 Å². The van der Waals surface area contributed by atoms with E-state index in [-0.39, 0.29) is 0 Å². The summed E-state index contributed by atoms with van der Waals surface area (Å²) in [6.45, 7) is 8.00. The summed E-state index contributed by atoms with van der Waals surface area (Å²) >= 11 is 0.